The van der Waals surface area contributed by atoms with Crippen molar-refractivity contribution in [3.8, 4) is 0 Å². The Kier molecular flexibility index (Phi) is 8.03. The molecule has 0 aromatic carbocycles. The molecule has 11 heavy (non-hydrogen) atoms. The summed E-state index contributed by atoms with van der Waals surface area (Å²) in [6, 6.07) is 0.659. The minimum Gasteiger partial charge on any atom is -0.314 e. The lowest BCUT2D eigenvalue weighted by atomic mass is 10.1. The Morgan fingerprint density at radius 2 is 2.00 bits per heavy atom. The molecule has 0 saturated carbocycles. The first-order valence-corrected chi connectivity index (χ1v) is 4.87. The molecule has 0 spiro atoms. The van der Waals surface area contributed by atoms with Gasteiger partial charge in [0.05, 0.1) is 0 Å². The van der Waals surface area contributed by atoms with Crippen molar-refractivity contribution in [3.63, 3.8) is 0 Å². The normalized spacial score (nSPS) is 13.4. The molecule has 0 saturated heterocycles. The molecule has 1 nitrogen and oxygen atoms in total. The molecule has 67 valence electrons. The van der Waals surface area contributed by atoms with Gasteiger partial charge in [-0.1, -0.05) is 40.0 Å². The Balaban J connectivity index is 3.20. The number of rotatable bonds is 7. The minimum atomic E-state index is 0.659. The third-order valence-electron chi connectivity index (χ3n) is 2.00. The predicted octanol–water partition coefficient (Wildman–Crippen LogP) is 2.77. The fourth-order valence-electron chi connectivity index (χ4n) is 1.28. The van der Waals surface area contributed by atoms with Crippen molar-refractivity contribution >= 4 is 0 Å². The largest absolute Gasteiger partial charge is 0.314 e. The van der Waals surface area contributed by atoms with Crippen LogP contribution in [0.4, 0.5) is 0 Å². The Morgan fingerprint density at radius 3 is 2.45 bits per heavy atom. The molecule has 0 aromatic rings. The summed E-state index contributed by atoms with van der Waals surface area (Å²) in [5.74, 6) is 0. The van der Waals surface area contributed by atoms with E-state index in [1.165, 1.54) is 25.7 Å². The van der Waals surface area contributed by atoms with Crippen LogP contribution < -0.4 is 5.32 Å². The smallest absolute Gasteiger partial charge is 0.00669 e. The highest BCUT2D eigenvalue weighted by molar-refractivity contribution is 4.66. The van der Waals surface area contributed by atoms with E-state index < -0.39 is 0 Å². The number of nitrogens with one attached hydrogen (secondary N) is 1. The summed E-state index contributed by atoms with van der Waals surface area (Å²) in [5, 5.41) is 3.43. The molecule has 0 aliphatic rings. The second-order valence-corrected chi connectivity index (χ2v) is 3.04. The van der Waals surface area contributed by atoms with Crippen LogP contribution in [0.15, 0.2) is 0 Å². The quantitative estimate of drug-likeness (QED) is 0.559. The second-order valence-electron chi connectivity index (χ2n) is 3.04. The Bertz CT molecular complexity index is 71.3. The zero-order chi connectivity index (χ0) is 8.53. The monoisotopic (exact) mass is 156 g/mol. The number of hydrogen-bond donors (Lipinski definition) is 1. The van der Waals surface area contributed by atoms with E-state index in [1.807, 2.05) is 0 Å². The van der Waals surface area contributed by atoms with Crippen molar-refractivity contribution in [1.29, 1.82) is 0 Å². The molecular formula is C10H22N. The van der Waals surface area contributed by atoms with Crippen LogP contribution in [0.3, 0.4) is 0 Å². The van der Waals surface area contributed by atoms with Crippen LogP contribution in [0.2, 0.25) is 0 Å². The van der Waals surface area contributed by atoms with E-state index in [2.05, 4.69) is 26.1 Å². The first-order valence-electron chi connectivity index (χ1n) is 4.87. The molecule has 0 amide bonds. The van der Waals surface area contributed by atoms with Crippen LogP contribution in [0.5, 0.6) is 0 Å². The summed E-state index contributed by atoms with van der Waals surface area (Å²) < 4.78 is 0. The van der Waals surface area contributed by atoms with Gasteiger partial charge in [-0.3, -0.25) is 0 Å². The van der Waals surface area contributed by atoms with Crippen LogP contribution in [-0.2, 0) is 0 Å². The molecule has 1 heteroatoms. The number of unbranched alkanes of at least 4 members (excludes halogenated alkanes) is 2. The predicted molar refractivity (Wildman–Crippen MR) is 51.6 cm³/mol. The van der Waals surface area contributed by atoms with E-state index in [1.54, 1.807) is 0 Å². The molecule has 0 fully saturated rings. The summed E-state index contributed by atoms with van der Waals surface area (Å²) in [6.07, 6.45) is 6.35. The van der Waals surface area contributed by atoms with Crippen LogP contribution in [0, 0.1) is 6.92 Å². The van der Waals surface area contributed by atoms with Crippen LogP contribution in [0.25, 0.3) is 0 Å². The van der Waals surface area contributed by atoms with Gasteiger partial charge in [-0.15, -0.1) is 0 Å². The Labute approximate surface area is 71.6 Å². The molecule has 1 N–H and O–H groups in total. The molecule has 0 aliphatic carbocycles. The molecule has 0 aromatic heterocycles. The highest BCUT2D eigenvalue weighted by Gasteiger charge is 2.01. The van der Waals surface area contributed by atoms with Gasteiger partial charge in [-0.05, 0) is 19.4 Å². The maximum Gasteiger partial charge on any atom is 0.00669 e. The molecule has 0 aliphatic heterocycles. The van der Waals surface area contributed by atoms with Crippen LogP contribution >= 0.6 is 0 Å². The van der Waals surface area contributed by atoms with E-state index in [-0.39, 0.29) is 0 Å². The number of hydrogen-bond acceptors (Lipinski definition) is 1. The molecule has 0 rings (SSSR count). The van der Waals surface area contributed by atoms with Gasteiger partial charge in [0.25, 0.3) is 0 Å². The van der Waals surface area contributed by atoms with Gasteiger partial charge in [0.2, 0.25) is 0 Å². The maximum absolute atomic E-state index is 3.92. The fourth-order valence-corrected chi connectivity index (χ4v) is 1.28. The first kappa shape index (κ1) is 11.0. The fraction of sp³-hybridized carbons (Fsp3) is 0.900. The third kappa shape index (κ3) is 6.36. The van der Waals surface area contributed by atoms with Gasteiger partial charge in [0, 0.05) is 6.04 Å². The summed E-state index contributed by atoms with van der Waals surface area (Å²) in [4.78, 5) is 0. The van der Waals surface area contributed by atoms with Crippen molar-refractivity contribution in [1.82, 2.24) is 5.32 Å². The molecule has 1 radical (unpaired) electrons. The van der Waals surface area contributed by atoms with Gasteiger partial charge in [0.1, 0.15) is 0 Å². The lowest BCUT2D eigenvalue weighted by Gasteiger charge is -2.14. The highest BCUT2D eigenvalue weighted by Crippen LogP contribution is 2.05. The summed E-state index contributed by atoms with van der Waals surface area (Å²) >= 11 is 0. The van der Waals surface area contributed by atoms with E-state index >= 15 is 0 Å². The maximum atomic E-state index is 3.92. The average molecular weight is 156 g/mol. The van der Waals surface area contributed by atoms with Crippen molar-refractivity contribution in [3.05, 3.63) is 6.92 Å². The van der Waals surface area contributed by atoms with Crippen molar-refractivity contribution in [2.24, 2.45) is 0 Å². The zero-order valence-corrected chi connectivity index (χ0v) is 8.03. The average Bonchev–Trinajstić information content (AvgIpc) is 2.03. The standard InChI is InChI=1S/C10H22N/c1-4-7-8-9-10(5-2)11-6-3/h10-11H,2,4-9H2,1,3H3. The summed E-state index contributed by atoms with van der Waals surface area (Å²) in [7, 11) is 0. The molecule has 0 bridgehead atoms. The molecule has 0 heterocycles. The minimum absolute atomic E-state index is 0.659. The highest BCUT2D eigenvalue weighted by atomic mass is 14.9. The van der Waals surface area contributed by atoms with Crippen molar-refractivity contribution in [2.45, 2.75) is 52.0 Å². The molecule has 1 unspecified atom stereocenters. The van der Waals surface area contributed by atoms with E-state index in [0.717, 1.165) is 13.0 Å². The van der Waals surface area contributed by atoms with Gasteiger partial charge in [0.15, 0.2) is 0 Å². The summed E-state index contributed by atoms with van der Waals surface area (Å²) in [6.45, 7) is 9.39. The van der Waals surface area contributed by atoms with Gasteiger partial charge < -0.3 is 5.32 Å². The molecular weight excluding hydrogens is 134 g/mol. The molecule has 1 atom stereocenters. The Morgan fingerprint density at radius 1 is 1.27 bits per heavy atom. The lowest BCUT2D eigenvalue weighted by Crippen LogP contribution is -2.27. The third-order valence-corrected chi connectivity index (χ3v) is 2.00. The van der Waals surface area contributed by atoms with Gasteiger partial charge in [-0.25, -0.2) is 0 Å². The second kappa shape index (κ2) is 8.06. The lowest BCUT2D eigenvalue weighted by molar-refractivity contribution is 0.472. The van der Waals surface area contributed by atoms with E-state index in [0.29, 0.717) is 6.04 Å². The topological polar surface area (TPSA) is 12.0 Å². The van der Waals surface area contributed by atoms with E-state index in [9.17, 15) is 0 Å². The Hall–Kier alpha value is -0.0400. The van der Waals surface area contributed by atoms with Gasteiger partial charge >= 0.3 is 0 Å². The van der Waals surface area contributed by atoms with E-state index in [4.69, 9.17) is 0 Å². The van der Waals surface area contributed by atoms with Crippen LogP contribution in [0.1, 0.15) is 46.0 Å². The van der Waals surface area contributed by atoms with Crippen molar-refractivity contribution in [2.75, 3.05) is 6.54 Å². The van der Waals surface area contributed by atoms with Crippen molar-refractivity contribution < 1.29 is 0 Å². The first-order chi connectivity index (χ1) is 5.35. The zero-order valence-electron chi connectivity index (χ0n) is 8.03. The summed E-state index contributed by atoms with van der Waals surface area (Å²) in [5.41, 5.74) is 0. The SMILES string of the molecule is [CH2]CC(CCCCC)NCC. The van der Waals surface area contributed by atoms with Crippen LogP contribution in [-0.4, -0.2) is 12.6 Å². The van der Waals surface area contributed by atoms with Gasteiger partial charge in [-0.2, -0.15) is 0 Å².